The molecule has 29 heavy (non-hydrogen) atoms. The van der Waals surface area contributed by atoms with Gasteiger partial charge in [0.2, 0.25) is 21.9 Å². The van der Waals surface area contributed by atoms with Crippen molar-refractivity contribution in [1.82, 2.24) is 14.3 Å². The fourth-order valence-corrected chi connectivity index (χ4v) is 4.95. The Labute approximate surface area is 165 Å². The number of nitrogens with one attached hydrogen (secondary N) is 2. The Morgan fingerprint density at radius 3 is 2.59 bits per heavy atom. The van der Waals surface area contributed by atoms with Gasteiger partial charge in [0, 0.05) is 19.0 Å². The number of hydrogen-bond donors (Lipinski definition) is 2. The van der Waals surface area contributed by atoms with Crippen molar-refractivity contribution in [3.05, 3.63) is 54.1 Å². The Kier molecular flexibility index (Phi) is 5.05. The van der Waals surface area contributed by atoms with Crippen LogP contribution in [0.4, 0.5) is 14.7 Å². The monoisotopic (exact) mass is 420 g/mol. The van der Waals surface area contributed by atoms with Crippen molar-refractivity contribution in [1.29, 1.82) is 0 Å². The van der Waals surface area contributed by atoms with E-state index in [9.17, 15) is 22.0 Å². The highest BCUT2D eigenvalue weighted by Crippen LogP contribution is 2.26. The number of carbonyl (C=O) groups is 1. The minimum Gasteiger partial charge on any atom is -0.324 e. The predicted molar refractivity (Wildman–Crippen MR) is 103 cm³/mol. The summed E-state index contributed by atoms with van der Waals surface area (Å²) in [5.41, 5.74) is 1.52. The van der Waals surface area contributed by atoms with Gasteiger partial charge in [-0.2, -0.15) is 4.31 Å². The molecule has 1 aliphatic heterocycles. The molecule has 3 aromatic rings. The standard InChI is InChI=1S/C19H18F2N4O3S/c20-13-5-6-14(21)17(11-13)29(27,28)25-9-7-12(8-10-25)18(26)24-19-22-15-3-1-2-4-16(15)23-19/h1-6,11-12H,7-10H2,(H2,22,23,24,26). The number of piperidine rings is 1. The summed E-state index contributed by atoms with van der Waals surface area (Å²) in [4.78, 5) is 19.1. The zero-order valence-electron chi connectivity index (χ0n) is 15.2. The van der Waals surface area contributed by atoms with Crippen molar-refractivity contribution < 1.29 is 22.0 Å². The Hall–Kier alpha value is -2.85. The van der Waals surface area contributed by atoms with Gasteiger partial charge in [0.1, 0.15) is 16.5 Å². The number of fused-ring (bicyclic) bond motifs is 1. The number of anilines is 1. The number of sulfonamides is 1. The number of benzene rings is 2. The van der Waals surface area contributed by atoms with Gasteiger partial charge >= 0.3 is 0 Å². The van der Waals surface area contributed by atoms with Gasteiger partial charge in [-0.25, -0.2) is 22.2 Å². The summed E-state index contributed by atoms with van der Waals surface area (Å²) in [6.07, 6.45) is 0.532. The van der Waals surface area contributed by atoms with Gasteiger partial charge < -0.3 is 4.98 Å². The first-order valence-corrected chi connectivity index (χ1v) is 10.5. The summed E-state index contributed by atoms with van der Waals surface area (Å²) in [5, 5.41) is 2.72. The molecule has 0 saturated carbocycles. The van der Waals surface area contributed by atoms with Crippen molar-refractivity contribution in [3.63, 3.8) is 0 Å². The van der Waals surface area contributed by atoms with Gasteiger partial charge in [-0.3, -0.25) is 10.1 Å². The Morgan fingerprint density at radius 1 is 1.14 bits per heavy atom. The maximum atomic E-state index is 13.9. The van der Waals surface area contributed by atoms with Gasteiger partial charge in [0.15, 0.2) is 0 Å². The molecule has 0 unspecified atom stereocenters. The Balaban J connectivity index is 1.42. The second-order valence-corrected chi connectivity index (χ2v) is 8.75. The Bertz CT molecular complexity index is 1140. The number of aromatic nitrogens is 2. The van der Waals surface area contributed by atoms with E-state index >= 15 is 0 Å². The molecule has 2 heterocycles. The number of aromatic amines is 1. The van der Waals surface area contributed by atoms with Crippen molar-refractivity contribution in [2.45, 2.75) is 17.7 Å². The number of rotatable bonds is 4. The number of para-hydroxylation sites is 2. The maximum absolute atomic E-state index is 13.9. The molecular formula is C19H18F2N4O3S. The van der Waals surface area contributed by atoms with Crippen LogP contribution in [0.15, 0.2) is 47.4 Å². The van der Waals surface area contributed by atoms with E-state index in [2.05, 4.69) is 15.3 Å². The van der Waals surface area contributed by atoms with E-state index in [1.165, 1.54) is 0 Å². The van der Waals surface area contributed by atoms with Crippen LogP contribution < -0.4 is 5.32 Å². The van der Waals surface area contributed by atoms with Crippen LogP contribution in [0.3, 0.4) is 0 Å². The summed E-state index contributed by atoms with van der Waals surface area (Å²) in [7, 11) is -4.17. The van der Waals surface area contributed by atoms with E-state index in [-0.39, 0.29) is 31.8 Å². The quantitative estimate of drug-likeness (QED) is 0.679. The molecule has 1 fully saturated rings. The molecule has 2 N–H and O–H groups in total. The normalized spacial score (nSPS) is 16.2. The second kappa shape index (κ2) is 7.53. The SMILES string of the molecule is O=C(Nc1nc2ccccc2[nH]1)C1CCN(S(=O)(=O)c2cc(F)ccc2F)CC1. The highest BCUT2D eigenvalue weighted by Gasteiger charge is 2.34. The van der Waals surface area contributed by atoms with Crippen LogP contribution in [0.5, 0.6) is 0 Å². The summed E-state index contributed by atoms with van der Waals surface area (Å²) >= 11 is 0. The second-order valence-electron chi connectivity index (χ2n) is 6.84. The van der Waals surface area contributed by atoms with Crippen molar-refractivity contribution >= 4 is 32.9 Å². The topological polar surface area (TPSA) is 95.2 Å². The smallest absolute Gasteiger partial charge is 0.246 e. The third-order valence-corrected chi connectivity index (χ3v) is 6.88. The molecule has 0 atom stereocenters. The summed E-state index contributed by atoms with van der Waals surface area (Å²) < 4.78 is 53.6. The zero-order valence-corrected chi connectivity index (χ0v) is 16.0. The van der Waals surface area contributed by atoms with Crippen LogP contribution in [0.25, 0.3) is 11.0 Å². The maximum Gasteiger partial charge on any atom is 0.246 e. The van der Waals surface area contributed by atoms with E-state index in [0.717, 1.165) is 27.5 Å². The Morgan fingerprint density at radius 2 is 1.86 bits per heavy atom. The van der Waals surface area contributed by atoms with Crippen LogP contribution in [-0.2, 0) is 14.8 Å². The van der Waals surface area contributed by atoms with Gasteiger partial charge in [0.05, 0.1) is 11.0 Å². The first kappa shape index (κ1) is 19.5. The van der Waals surface area contributed by atoms with Gasteiger partial charge in [0.25, 0.3) is 0 Å². The molecule has 4 rings (SSSR count). The zero-order chi connectivity index (χ0) is 20.6. The third-order valence-electron chi connectivity index (χ3n) is 4.97. The molecule has 10 heteroatoms. The number of H-pyrrole nitrogens is 1. The predicted octanol–water partition coefficient (Wildman–Crippen LogP) is 2.88. The minimum atomic E-state index is -4.17. The van der Waals surface area contributed by atoms with Crippen LogP contribution >= 0.6 is 0 Å². The average Bonchev–Trinajstić information content (AvgIpc) is 3.12. The molecule has 1 saturated heterocycles. The van der Waals surface area contributed by atoms with E-state index in [0.29, 0.717) is 12.0 Å². The highest BCUT2D eigenvalue weighted by molar-refractivity contribution is 7.89. The first-order chi connectivity index (χ1) is 13.8. The number of carbonyl (C=O) groups excluding carboxylic acids is 1. The molecule has 0 aliphatic carbocycles. The lowest BCUT2D eigenvalue weighted by Crippen LogP contribution is -2.41. The molecule has 1 aromatic heterocycles. The third kappa shape index (κ3) is 3.85. The molecule has 0 spiro atoms. The van der Waals surface area contributed by atoms with E-state index in [4.69, 9.17) is 0 Å². The molecule has 1 amide bonds. The molecule has 0 bridgehead atoms. The van der Waals surface area contributed by atoms with Gasteiger partial charge in [-0.05, 0) is 43.2 Å². The molecule has 2 aromatic carbocycles. The average molecular weight is 420 g/mol. The largest absolute Gasteiger partial charge is 0.324 e. The number of hydrogen-bond acceptors (Lipinski definition) is 4. The lowest BCUT2D eigenvalue weighted by molar-refractivity contribution is -0.120. The van der Waals surface area contributed by atoms with Crippen LogP contribution in [-0.4, -0.2) is 41.7 Å². The fraction of sp³-hybridized carbons (Fsp3) is 0.263. The molecule has 7 nitrogen and oxygen atoms in total. The fourth-order valence-electron chi connectivity index (χ4n) is 3.40. The first-order valence-electron chi connectivity index (χ1n) is 9.05. The van der Waals surface area contributed by atoms with E-state index < -0.39 is 32.5 Å². The summed E-state index contributed by atoms with van der Waals surface area (Å²) in [6, 6.07) is 9.67. The van der Waals surface area contributed by atoms with E-state index in [1.807, 2.05) is 24.3 Å². The summed E-state index contributed by atoms with van der Waals surface area (Å²) in [5.74, 6) is -2.18. The van der Waals surface area contributed by atoms with Crippen molar-refractivity contribution in [2.24, 2.45) is 5.92 Å². The lowest BCUT2D eigenvalue weighted by Gasteiger charge is -2.30. The van der Waals surface area contributed by atoms with Crippen LogP contribution in [0.1, 0.15) is 12.8 Å². The highest BCUT2D eigenvalue weighted by atomic mass is 32.2. The van der Waals surface area contributed by atoms with E-state index in [1.54, 1.807) is 0 Å². The van der Waals surface area contributed by atoms with Gasteiger partial charge in [-0.1, -0.05) is 12.1 Å². The van der Waals surface area contributed by atoms with Crippen LogP contribution in [0.2, 0.25) is 0 Å². The lowest BCUT2D eigenvalue weighted by atomic mass is 9.97. The molecule has 0 radical (unpaired) electrons. The molecule has 1 aliphatic rings. The van der Waals surface area contributed by atoms with Crippen molar-refractivity contribution in [2.75, 3.05) is 18.4 Å². The summed E-state index contributed by atoms with van der Waals surface area (Å²) in [6.45, 7) is 0.0764. The van der Waals surface area contributed by atoms with Gasteiger partial charge in [-0.15, -0.1) is 0 Å². The number of nitrogens with zero attached hydrogens (tertiary/aromatic N) is 2. The number of amides is 1. The van der Waals surface area contributed by atoms with Crippen molar-refractivity contribution in [3.8, 4) is 0 Å². The molecular weight excluding hydrogens is 402 g/mol. The molecule has 152 valence electrons. The number of imidazole rings is 1. The minimum absolute atomic E-state index is 0.0382. The van der Waals surface area contributed by atoms with Crippen LogP contribution in [0, 0.1) is 17.6 Å². The number of halogens is 2.